The van der Waals surface area contributed by atoms with Crippen LogP contribution in [0, 0.1) is 5.92 Å². The van der Waals surface area contributed by atoms with Crippen LogP contribution in [0.5, 0.6) is 0 Å². The van der Waals surface area contributed by atoms with Crippen molar-refractivity contribution in [3.8, 4) is 0 Å². The van der Waals surface area contributed by atoms with Crippen molar-refractivity contribution in [1.82, 2.24) is 5.32 Å². The van der Waals surface area contributed by atoms with Crippen molar-refractivity contribution in [2.24, 2.45) is 5.92 Å². The van der Waals surface area contributed by atoms with Crippen LogP contribution in [0.2, 0.25) is 0 Å². The van der Waals surface area contributed by atoms with Crippen LogP contribution in [0.3, 0.4) is 0 Å². The van der Waals surface area contributed by atoms with Gasteiger partial charge in [0.15, 0.2) is 0 Å². The molecule has 0 amide bonds. The van der Waals surface area contributed by atoms with Crippen LogP contribution in [0.1, 0.15) is 20.8 Å². The van der Waals surface area contributed by atoms with E-state index in [9.17, 15) is 0 Å². The van der Waals surface area contributed by atoms with Gasteiger partial charge in [-0.25, -0.2) is 0 Å². The lowest BCUT2D eigenvalue weighted by Gasteiger charge is -2.36. The van der Waals surface area contributed by atoms with E-state index in [1.54, 1.807) is 0 Å². The minimum Gasteiger partial charge on any atom is -0.396 e. The van der Waals surface area contributed by atoms with Crippen molar-refractivity contribution in [1.29, 1.82) is 0 Å². The third-order valence-electron chi connectivity index (χ3n) is 2.43. The molecule has 4 nitrogen and oxygen atoms in total. The maximum absolute atomic E-state index is 8.83. The third-order valence-corrected chi connectivity index (χ3v) is 2.43. The fraction of sp³-hybridized carbons (Fsp3) is 1.00. The Morgan fingerprint density at radius 3 is 2.93 bits per heavy atom. The molecule has 0 saturated carbocycles. The molecule has 2 atom stereocenters. The summed E-state index contributed by atoms with van der Waals surface area (Å²) in [5, 5.41) is 12.2. The van der Waals surface area contributed by atoms with Crippen LogP contribution < -0.4 is 5.32 Å². The van der Waals surface area contributed by atoms with E-state index >= 15 is 0 Å². The van der Waals surface area contributed by atoms with E-state index in [2.05, 4.69) is 19.2 Å². The molecule has 90 valence electrons. The summed E-state index contributed by atoms with van der Waals surface area (Å²) in [6, 6.07) is 0. The van der Waals surface area contributed by atoms with Crippen molar-refractivity contribution in [3.63, 3.8) is 0 Å². The minimum atomic E-state index is -0.102. The Morgan fingerprint density at radius 1 is 1.60 bits per heavy atom. The van der Waals surface area contributed by atoms with E-state index in [4.69, 9.17) is 14.6 Å². The van der Waals surface area contributed by atoms with Crippen LogP contribution in [-0.4, -0.2) is 49.7 Å². The zero-order chi connectivity index (χ0) is 11.3. The van der Waals surface area contributed by atoms with E-state index in [1.807, 2.05) is 6.92 Å². The van der Waals surface area contributed by atoms with Crippen LogP contribution >= 0.6 is 0 Å². The zero-order valence-corrected chi connectivity index (χ0v) is 9.95. The van der Waals surface area contributed by atoms with Gasteiger partial charge in [0, 0.05) is 25.6 Å². The van der Waals surface area contributed by atoms with Gasteiger partial charge in [-0.05, 0) is 13.8 Å². The highest BCUT2D eigenvalue weighted by Gasteiger charge is 2.28. The summed E-state index contributed by atoms with van der Waals surface area (Å²) in [7, 11) is 0. The van der Waals surface area contributed by atoms with Crippen molar-refractivity contribution in [2.75, 3.05) is 32.9 Å². The second-order valence-electron chi connectivity index (χ2n) is 4.96. The largest absolute Gasteiger partial charge is 0.396 e. The van der Waals surface area contributed by atoms with Gasteiger partial charge >= 0.3 is 0 Å². The summed E-state index contributed by atoms with van der Waals surface area (Å²) in [6.07, 6.45) is 0.125. The van der Waals surface area contributed by atoms with Gasteiger partial charge in [0.05, 0.1) is 24.9 Å². The van der Waals surface area contributed by atoms with E-state index < -0.39 is 0 Å². The summed E-state index contributed by atoms with van der Waals surface area (Å²) >= 11 is 0. The zero-order valence-electron chi connectivity index (χ0n) is 9.95. The maximum atomic E-state index is 8.83. The summed E-state index contributed by atoms with van der Waals surface area (Å²) in [5.41, 5.74) is -0.102. The molecule has 4 heteroatoms. The molecule has 1 aliphatic rings. The Morgan fingerprint density at radius 2 is 2.33 bits per heavy atom. The molecule has 15 heavy (non-hydrogen) atoms. The van der Waals surface area contributed by atoms with Gasteiger partial charge in [-0.3, -0.25) is 0 Å². The SMILES string of the molecule is CC(CO)COCC1CNCC(C)(C)O1. The smallest absolute Gasteiger partial charge is 0.0940 e. The van der Waals surface area contributed by atoms with Gasteiger partial charge in [0.2, 0.25) is 0 Å². The van der Waals surface area contributed by atoms with Crippen molar-refractivity contribution in [3.05, 3.63) is 0 Å². The summed E-state index contributed by atoms with van der Waals surface area (Å²) in [5.74, 6) is 0.203. The number of aliphatic hydroxyl groups excluding tert-OH is 1. The summed E-state index contributed by atoms with van der Waals surface area (Å²) < 4.78 is 11.3. The number of aliphatic hydroxyl groups is 1. The lowest BCUT2D eigenvalue weighted by atomic mass is 10.1. The molecule has 1 rings (SSSR count). The standard InChI is InChI=1S/C11H23NO3/c1-9(5-13)6-14-7-10-4-12-8-11(2,3)15-10/h9-10,12-13H,4-8H2,1-3H3. The first-order valence-corrected chi connectivity index (χ1v) is 5.60. The number of morpholine rings is 1. The Labute approximate surface area is 92.0 Å². The molecule has 1 heterocycles. The lowest BCUT2D eigenvalue weighted by molar-refractivity contribution is -0.122. The molecular formula is C11H23NO3. The van der Waals surface area contributed by atoms with E-state index in [0.29, 0.717) is 13.2 Å². The molecular weight excluding hydrogens is 194 g/mol. The van der Waals surface area contributed by atoms with Crippen LogP contribution in [-0.2, 0) is 9.47 Å². The molecule has 1 aliphatic heterocycles. The molecule has 0 bridgehead atoms. The Bertz CT molecular complexity index is 185. The number of hydrogen-bond acceptors (Lipinski definition) is 4. The summed E-state index contributed by atoms with van der Waals surface area (Å²) in [6.45, 7) is 9.20. The normalized spacial score (nSPS) is 27.6. The first-order valence-electron chi connectivity index (χ1n) is 5.60. The number of rotatable bonds is 5. The second kappa shape index (κ2) is 5.80. The quantitative estimate of drug-likeness (QED) is 0.700. The van der Waals surface area contributed by atoms with Gasteiger partial charge in [-0.15, -0.1) is 0 Å². The summed E-state index contributed by atoms with van der Waals surface area (Å²) in [4.78, 5) is 0. The Hall–Kier alpha value is -0.160. The molecule has 1 saturated heterocycles. The molecule has 2 N–H and O–H groups in total. The van der Waals surface area contributed by atoms with Crippen molar-refractivity contribution < 1.29 is 14.6 Å². The average Bonchev–Trinajstić information content (AvgIpc) is 2.16. The first kappa shape index (κ1) is 12.9. The number of hydrogen-bond donors (Lipinski definition) is 2. The lowest BCUT2D eigenvalue weighted by Crippen LogP contribution is -2.51. The molecule has 0 aromatic rings. The minimum absolute atomic E-state index is 0.102. The second-order valence-corrected chi connectivity index (χ2v) is 4.96. The van der Waals surface area contributed by atoms with E-state index in [0.717, 1.165) is 13.1 Å². The number of nitrogens with one attached hydrogen (secondary N) is 1. The fourth-order valence-corrected chi connectivity index (χ4v) is 1.62. The Balaban J connectivity index is 2.16. The third kappa shape index (κ3) is 4.93. The topological polar surface area (TPSA) is 50.7 Å². The van der Waals surface area contributed by atoms with Crippen LogP contribution in [0.4, 0.5) is 0 Å². The molecule has 0 spiro atoms. The van der Waals surface area contributed by atoms with Gasteiger partial charge in [-0.1, -0.05) is 6.92 Å². The predicted molar refractivity (Wildman–Crippen MR) is 58.9 cm³/mol. The van der Waals surface area contributed by atoms with Gasteiger partial charge in [0.1, 0.15) is 0 Å². The molecule has 0 aliphatic carbocycles. The highest BCUT2D eigenvalue weighted by atomic mass is 16.5. The predicted octanol–water partition coefficient (Wildman–Crippen LogP) is 0.398. The number of ether oxygens (including phenoxy) is 2. The van der Waals surface area contributed by atoms with E-state index in [1.165, 1.54) is 0 Å². The maximum Gasteiger partial charge on any atom is 0.0940 e. The van der Waals surface area contributed by atoms with Gasteiger partial charge in [0.25, 0.3) is 0 Å². The van der Waals surface area contributed by atoms with Gasteiger partial charge < -0.3 is 19.9 Å². The Kier molecular flexibility index (Phi) is 4.99. The highest BCUT2D eigenvalue weighted by molar-refractivity contribution is 4.81. The molecule has 0 aromatic heterocycles. The highest BCUT2D eigenvalue weighted by Crippen LogP contribution is 2.15. The van der Waals surface area contributed by atoms with Crippen LogP contribution in [0.25, 0.3) is 0 Å². The molecule has 0 aromatic carbocycles. The van der Waals surface area contributed by atoms with Gasteiger partial charge in [-0.2, -0.15) is 0 Å². The van der Waals surface area contributed by atoms with Crippen molar-refractivity contribution >= 4 is 0 Å². The monoisotopic (exact) mass is 217 g/mol. The van der Waals surface area contributed by atoms with E-state index in [-0.39, 0.29) is 24.2 Å². The molecule has 2 unspecified atom stereocenters. The first-order chi connectivity index (χ1) is 7.03. The fourth-order valence-electron chi connectivity index (χ4n) is 1.62. The average molecular weight is 217 g/mol. The van der Waals surface area contributed by atoms with Crippen LogP contribution in [0.15, 0.2) is 0 Å². The molecule has 0 radical (unpaired) electrons. The molecule has 1 fully saturated rings. The van der Waals surface area contributed by atoms with Crippen molar-refractivity contribution in [2.45, 2.75) is 32.5 Å².